The third-order valence-electron chi connectivity index (χ3n) is 5.86. The fourth-order valence-corrected chi connectivity index (χ4v) is 5.16. The van der Waals surface area contributed by atoms with E-state index in [4.69, 9.17) is 4.74 Å². The van der Waals surface area contributed by atoms with Crippen LogP contribution < -0.4 is 5.43 Å². The van der Waals surface area contributed by atoms with Crippen molar-refractivity contribution in [2.45, 2.75) is 45.3 Å². The van der Waals surface area contributed by atoms with Crippen LogP contribution in [0.3, 0.4) is 0 Å². The molecule has 10 heteroatoms. The molecule has 2 atom stereocenters. The SMILES string of the molecule is COC[C@@H]1[C@@H](C)N(C(C)C)C(=O)c2c(O)c(=O)c(-c3nnc(Cc4ccc(F)cc4)s3)cn21. The van der Waals surface area contributed by atoms with Crippen LogP contribution in [0.1, 0.15) is 47.9 Å². The van der Waals surface area contributed by atoms with Gasteiger partial charge in [0.05, 0.1) is 24.3 Å². The Morgan fingerprint density at radius 2 is 1.91 bits per heavy atom. The number of carbonyl (C=O) groups excluding carboxylic acids is 1. The Kier molecular flexibility index (Phi) is 6.31. The van der Waals surface area contributed by atoms with E-state index in [0.717, 1.165) is 5.56 Å². The average Bonchev–Trinajstić information content (AvgIpc) is 3.22. The number of amides is 1. The molecule has 0 fully saturated rings. The van der Waals surface area contributed by atoms with E-state index < -0.39 is 17.1 Å². The summed E-state index contributed by atoms with van der Waals surface area (Å²) in [5.74, 6) is -1.33. The van der Waals surface area contributed by atoms with Gasteiger partial charge in [0, 0.05) is 25.8 Å². The van der Waals surface area contributed by atoms with Gasteiger partial charge < -0.3 is 19.3 Å². The molecule has 8 nitrogen and oxygen atoms in total. The highest BCUT2D eigenvalue weighted by atomic mass is 32.1. The summed E-state index contributed by atoms with van der Waals surface area (Å²) in [5.41, 5.74) is 0.304. The fraction of sp³-hybridized carbons (Fsp3) is 0.391. The van der Waals surface area contributed by atoms with Crippen molar-refractivity contribution in [1.82, 2.24) is 19.7 Å². The lowest BCUT2D eigenvalue weighted by Gasteiger charge is -2.43. The molecule has 0 radical (unpaired) electrons. The summed E-state index contributed by atoms with van der Waals surface area (Å²) in [6, 6.07) is 5.44. The van der Waals surface area contributed by atoms with Gasteiger partial charge in [-0.2, -0.15) is 0 Å². The van der Waals surface area contributed by atoms with Crippen molar-refractivity contribution in [2.75, 3.05) is 13.7 Å². The largest absolute Gasteiger partial charge is 0.503 e. The summed E-state index contributed by atoms with van der Waals surface area (Å²) in [6.07, 6.45) is 2.00. The predicted molar refractivity (Wildman–Crippen MR) is 122 cm³/mol. The molecule has 3 aromatic rings. The maximum Gasteiger partial charge on any atom is 0.275 e. The van der Waals surface area contributed by atoms with E-state index in [-0.39, 0.29) is 35.2 Å². The second-order valence-corrected chi connectivity index (χ2v) is 9.41. The van der Waals surface area contributed by atoms with Crippen molar-refractivity contribution >= 4 is 17.2 Å². The van der Waals surface area contributed by atoms with Crippen LogP contribution in [0.15, 0.2) is 35.3 Å². The first-order valence-electron chi connectivity index (χ1n) is 10.6. The Morgan fingerprint density at radius 3 is 2.55 bits per heavy atom. The highest BCUT2D eigenvalue weighted by molar-refractivity contribution is 7.14. The summed E-state index contributed by atoms with van der Waals surface area (Å²) in [6.45, 7) is 5.99. The fourth-order valence-electron chi connectivity index (χ4n) is 4.28. The summed E-state index contributed by atoms with van der Waals surface area (Å²) >= 11 is 1.21. The monoisotopic (exact) mass is 472 g/mol. The van der Waals surface area contributed by atoms with E-state index in [2.05, 4.69) is 10.2 Å². The molecule has 0 aliphatic carbocycles. The van der Waals surface area contributed by atoms with Gasteiger partial charge in [-0.05, 0) is 38.5 Å². The van der Waals surface area contributed by atoms with Gasteiger partial charge in [-0.15, -0.1) is 10.2 Å². The number of rotatable bonds is 6. The van der Waals surface area contributed by atoms with Crippen LogP contribution >= 0.6 is 11.3 Å². The van der Waals surface area contributed by atoms with Crippen LogP contribution in [0.5, 0.6) is 5.75 Å². The van der Waals surface area contributed by atoms with Crippen LogP contribution in [0.25, 0.3) is 10.6 Å². The maximum atomic E-state index is 13.2. The molecule has 1 amide bonds. The molecule has 33 heavy (non-hydrogen) atoms. The highest BCUT2D eigenvalue weighted by Crippen LogP contribution is 2.34. The van der Waals surface area contributed by atoms with E-state index in [1.165, 1.54) is 23.5 Å². The van der Waals surface area contributed by atoms with Crippen LogP contribution in [0.2, 0.25) is 0 Å². The molecule has 1 aliphatic rings. The molecule has 174 valence electrons. The maximum absolute atomic E-state index is 13.2. The van der Waals surface area contributed by atoms with Crippen molar-refractivity contribution < 1.29 is 19.0 Å². The normalized spacial score (nSPS) is 18.1. The summed E-state index contributed by atoms with van der Waals surface area (Å²) in [4.78, 5) is 27.9. The lowest BCUT2D eigenvalue weighted by atomic mass is 9.99. The minimum Gasteiger partial charge on any atom is -0.503 e. The number of aromatic hydroxyl groups is 1. The molecule has 3 heterocycles. The zero-order valence-corrected chi connectivity index (χ0v) is 19.6. The van der Waals surface area contributed by atoms with E-state index in [9.17, 15) is 19.1 Å². The van der Waals surface area contributed by atoms with Crippen molar-refractivity contribution in [1.29, 1.82) is 0 Å². The van der Waals surface area contributed by atoms with E-state index in [1.807, 2.05) is 20.8 Å². The molecule has 0 bridgehead atoms. The van der Waals surface area contributed by atoms with Gasteiger partial charge in [0.25, 0.3) is 5.91 Å². The second kappa shape index (κ2) is 9.03. The Bertz CT molecular complexity index is 1240. The van der Waals surface area contributed by atoms with Gasteiger partial charge in [0.2, 0.25) is 5.43 Å². The number of benzene rings is 1. The molecule has 1 aliphatic heterocycles. The van der Waals surface area contributed by atoms with E-state index in [0.29, 0.717) is 23.0 Å². The number of halogens is 1. The van der Waals surface area contributed by atoms with Crippen molar-refractivity contribution in [3.63, 3.8) is 0 Å². The Hall–Kier alpha value is -3.11. The first kappa shape index (κ1) is 23.1. The smallest absolute Gasteiger partial charge is 0.275 e. The Labute approximate surface area is 194 Å². The van der Waals surface area contributed by atoms with E-state index >= 15 is 0 Å². The summed E-state index contributed by atoms with van der Waals surface area (Å²) < 4.78 is 20.2. The van der Waals surface area contributed by atoms with Gasteiger partial charge in [-0.1, -0.05) is 23.5 Å². The van der Waals surface area contributed by atoms with Crippen LogP contribution in [-0.4, -0.2) is 56.5 Å². The zero-order valence-electron chi connectivity index (χ0n) is 18.8. The summed E-state index contributed by atoms with van der Waals surface area (Å²) in [7, 11) is 1.57. The second-order valence-electron chi connectivity index (χ2n) is 8.35. The molecule has 0 spiro atoms. The molecule has 0 saturated heterocycles. The number of methoxy groups -OCH3 is 1. The van der Waals surface area contributed by atoms with E-state index in [1.54, 1.807) is 34.9 Å². The Morgan fingerprint density at radius 1 is 1.21 bits per heavy atom. The number of fused-ring (bicyclic) bond motifs is 1. The minimum absolute atomic E-state index is 0.0475. The lowest BCUT2D eigenvalue weighted by molar-refractivity contribution is 0.0314. The number of hydrogen-bond donors (Lipinski definition) is 1. The minimum atomic E-state index is -0.673. The predicted octanol–water partition coefficient (Wildman–Crippen LogP) is 3.24. The number of ether oxygens (including phenoxy) is 1. The number of aromatic nitrogens is 3. The molecule has 1 aromatic carbocycles. The van der Waals surface area contributed by atoms with Crippen molar-refractivity contribution in [3.05, 3.63) is 62.8 Å². The highest BCUT2D eigenvalue weighted by Gasteiger charge is 2.41. The van der Waals surface area contributed by atoms with Crippen LogP contribution in [-0.2, 0) is 11.2 Å². The molecule has 0 saturated carbocycles. The third kappa shape index (κ3) is 4.16. The topological polar surface area (TPSA) is 97.6 Å². The van der Waals surface area contributed by atoms with Gasteiger partial charge in [-0.25, -0.2) is 4.39 Å². The standard InChI is InChI=1S/C23H25FN4O4S/c1-12(2)28-13(3)17(11-32-4)27-10-16(20(29)21(30)19(27)23(28)31)22-26-25-18(33-22)9-14-5-7-15(24)8-6-14/h5-8,10,12-13,17,30H,9,11H2,1-4H3/t13-,17-/m1/s1. The molecule has 1 N–H and O–H groups in total. The molecule has 2 aromatic heterocycles. The van der Waals surface area contributed by atoms with Gasteiger partial charge in [0.1, 0.15) is 10.8 Å². The van der Waals surface area contributed by atoms with Gasteiger partial charge in [0.15, 0.2) is 16.5 Å². The quantitative estimate of drug-likeness (QED) is 0.592. The van der Waals surface area contributed by atoms with Crippen LogP contribution in [0.4, 0.5) is 4.39 Å². The molecule has 0 unspecified atom stereocenters. The molecular weight excluding hydrogens is 447 g/mol. The zero-order chi connectivity index (χ0) is 23.9. The third-order valence-corrected chi connectivity index (χ3v) is 6.82. The summed E-state index contributed by atoms with van der Waals surface area (Å²) in [5, 5.41) is 20.1. The average molecular weight is 473 g/mol. The first-order chi connectivity index (χ1) is 15.7. The van der Waals surface area contributed by atoms with Crippen molar-refractivity contribution in [2.24, 2.45) is 0 Å². The van der Waals surface area contributed by atoms with Crippen LogP contribution in [0, 0.1) is 5.82 Å². The number of pyridine rings is 1. The number of carbonyl (C=O) groups is 1. The van der Waals surface area contributed by atoms with Gasteiger partial charge >= 0.3 is 0 Å². The lowest BCUT2D eigenvalue weighted by Crippen LogP contribution is -2.54. The number of nitrogens with zero attached hydrogens (tertiary/aromatic N) is 4. The molecular formula is C23H25FN4O4S. The van der Waals surface area contributed by atoms with Gasteiger partial charge in [-0.3, -0.25) is 9.59 Å². The first-order valence-corrected chi connectivity index (χ1v) is 11.4. The Balaban J connectivity index is 1.77. The number of hydrogen-bond acceptors (Lipinski definition) is 7. The van der Waals surface area contributed by atoms with Crippen molar-refractivity contribution in [3.8, 4) is 16.3 Å². The molecule has 4 rings (SSSR count).